The van der Waals surface area contributed by atoms with Gasteiger partial charge in [-0.1, -0.05) is 24.3 Å². The molecule has 26 heavy (non-hydrogen) atoms. The molecule has 1 N–H and O–H groups in total. The van der Waals surface area contributed by atoms with Crippen molar-refractivity contribution >= 4 is 17.4 Å². The average Bonchev–Trinajstić information content (AvgIpc) is 2.62. The molecule has 0 aromatic heterocycles. The zero-order valence-corrected chi connectivity index (χ0v) is 14.6. The molecule has 0 bridgehead atoms. The smallest absolute Gasteiger partial charge is 0.321 e. The zero-order chi connectivity index (χ0) is 17.9. The summed E-state index contributed by atoms with van der Waals surface area (Å²) in [5.74, 6) is -0.347. The number of carbonyl (C=O) groups is 1. The van der Waals surface area contributed by atoms with Gasteiger partial charge in [-0.15, -0.1) is 0 Å². The lowest BCUT2D eigenvalue weighted by Crippen LogP contribution is -2.64. The molecule has 2 saturated heterocycles. The van der Waals surface area contributed by atoms with Gasteiger partial charge in [-0.25, -0.2) is 9.18 Å². The van der Waals surface area contributed by atoms with Gasteiger partial charge in [0.15, 0.2) is 0 Å². The summed E-state index contributed by atoms with van der Waals surface area (Å²) in [6, 6.07) is 16.7. The molecule has 2 fully saturated rings. The summed E-state index contributed by atoms with van der Waals surface area (Å²) in [5.41, 5.74) is 1.77. The van der Waals surface area contributed by atoms with Crippen LogP contribution in [-0.2, 0) is 0 Å². The second kappa shape index (κ2) is 7.33. The molecule has 6 heteroatoms. The van der Waals surface area contributed by atoms with Gasteiger partial charge in [0, 0.05) is 56.7 Å². The third-order valence-corrected chi connectivity index (χ3v) is 5.18. The van der Waals surface area contributed by atoms with Crippen LogP contribution in [0.2, 0.25) is 0 Å². The maximum Gasteiger partial charge on any atom is 0.321 e. The van der Waals surface area contributed by atoms with E-state index in [1.54, 1.807) is 17.0 Å². The fourth-order valence-electron chi connectivity index (χ4n) is 3.60. The quantitative estimate of drug-likeness (QED) is 0.921. The van der Waals surface area contributed by atoms with Crippen molar-refractivity contribution in [3.63, 3.8) is 0 Å². The number of amides is 2. The third kappa shape index (κ3) is 3.65. The molecule has 0 atom stereocenters. The van der Waals surface area contributed by atoms with Crippen molar-refractivity contribution < 1.29 is 9.18 Å². The monoisotopic (exact) mass is 354 g/mol. The highest BCUT2D eigenvalue weighted by Crippen LogP contribution is 2.21. The van der Waals surface area contributed by atoms with Gasteiger partial charge in [0.05, 0.1) is 0 Å². The number of para-hydroxylation sites is 1. The van der Waals surface area contributed by atoms with Crippen molar-refractivity contribution in [2.45, 2.75) is 6.04 Å². The second-order valence-corrected chi connectivity index (χ2v) is 6.86. The molecule has 2 aromatic carbocycles. The highest BCUT2D eigenvalue weighted by atomic mass is 19.1. The maximum absolute atomic E-state index is 13.2. The second-order valence-electron chi connectivity index (χ2n) is 6.86. The van der Waals surface area contributed by atoms with Crippen LogP contribution in [0.15, 0.2) is 54.6 Å². The van der Waals surface area contributed by atoms with Crippen LogP contribution in [0.1, 0.15) is 0 Å². The fourth-order valence-corrected chi connectivity index (χ4v) is 3.60. The largest absolute Gasteiger partial charge is 0.369 e. The Hall–Kier alpha value is -2.60. The molecule has 136 valence electrons. The topological polar surface area (TPSA) is 38.8 Å². The van der Waals surface area contributed by atoms with Gasteiger partial charge in [0.25, 0.3) is 0 Å². The SMILES string of the molecule is O=C(Nc1cccc(F)c1)N1CC(N2CCN(c3ccccc3)CC2)C1. The molecular weight excluding hydrogens is 331 g/mol. The molecule has 0 spiro atoms. The lowest BCUT2D eigenvalue weighted by molar-refractivity contribution is 0.0578. The van der Waals surface area contributed by atoms with E-state index in [2.05, 4.69) is 39.4 Å². The number of halogens is 1. The van der Waals surface area contributed by atoms with Gasteiger partial charge < -0.3 is 15.1 Å². The van der Waals surface area contributed by atoms with Crippen molar-refractivity contribution in [2.75, 3.05) is 49.5 Å². The van der Waals surface area contributed by atoms with Crippen LogP contribution in [0, 0.1) is 5.82 Å². The molecule has 2 heterocycles. The Morgan fingerprint density at radius 1 is 0.962 bits per heavy atom. The van der Waals surface area contributed by atoms with Crippen molar-refractivity contribution in [1.82, 2.24) is 9.80 Å². The van der Waals surface area contributed by atoms with Crippen LogP contribution >= 0.6 is 0 Å². The van der Waals surface area contributed by atoms with E-state index in [9.17, 15) is 9.18 Å². The third-order valence-electron chi connectivity index (χ3n) is 5.18. The Labute approximate surface area is 153 Å². The first-order chi connectivity index (χ1) is 12.7. The minimum absolute atomic E-state index is 0.158. The number of hydrogen-bond donors (Lipinski definition) is 1. The molecule has 2 aliphatic rings. The van der Waals surface area contributed by atoms with E-state index in [1.165, 1.54) is 17.8 Å². The minimum Gasteiger partial charge on any atom is -0.369 e. The molecule has 0 aliphatic carbocycles. The first-order valence-electron chi connectivity index (χ1n) is 9.04. The Balaban J connectivity index is 1.23. The number of rotatable bonds is 3. The number of hydrogen-bond acceptors (Lipinski definition) is 3. The Bertz CT molecular complexity index is 755. The van der Waals surface area contributed by atoms with Gasteiger partial charge in [0.2, 0.25) is 0 Å². The summed E-state index contributed by atoms with van der Waals surface area (Å²) in [7, 11) is 0. The lowest BCUT2D eigenvalue weighted by atomic mass is 10.1. The van der Waals surface area contributed by atoms with Crippen molar-refractivity contribution in [2.24, 2.45) is 0 Å². The normalized spacial score (nSPS) is 18.5. The van der Waals surface area contributed by atoms with Crippen LogP contribution in [0.5, 0.6) is 0 Å². The molecule has 0 unspecified atom stereocenters. The highest BCUT2D eigenvalue weighted by Gasteiger charge is 2.36. The van der Waals surface area contributed by atoms with Crippen LogP contribution < -0.4 is 10.2 Å². The fraction of sp³-hybridized carbons (Fsp3) is 0.350. The van der Waals surface area contributed by atoms with Gasteiger partial charge >= 0.3 is 6.03 Å². The standard InChI is InChI=1S/C20H23FN4O/c21-16-5-4-6-17(13-16)22-20(26)25-14-19(15-25)24-11-9-23(10-12-24)18-7-2-1-3-8-18/h1-8,13,19H,9-12,14-15H2,(H,22,26). The van der Waals surface area contributed by atoms with E-state index >= 15 is 0 Å². The molecular formula is C20H23FN4O. The maximum atomic E-state index is 13.2. The first kappa shape index (κ1) is 16.8. The van der Waals surface area contributed by atoms with Crippen molar-refractivity contribution in [1.29, 1.82) is 0 Å². The predicted molar refractivity (Wildman–Crippen MR) is 101 cm³/mol. The van der Waals surface area contributed by atoms with Gasteiger partial charge in [0.1, 0.15) is 5.82 Å². The van der Waals surface area contributed by atoms with Crippen LogP contribution in [-0.4, -0.2) is 61.1 Å². The number of urea groups is 1. The summed E-state index contributed by atoms with van der Waals surface area (Å²) in [6.45, 7) is 5.50. The average molecular weight is 354 g/mol. The lowest BCUT2D eigenvalue weighted by Gasteiger charge is -2.48. The Morgan fingerprint density at radius 2 is 1.69 bits per heavy atom. The van der Waals surface area contributed by atoms with Crippen LogP contribution in [0.25, 0.3) is 0 Å². The summed E-state index contributed by atoms with van der Waals surface area (Å²) < 4.78 is 13.2. The Kier molecular flexibility index (Phi) is 4.75. The molecule has 2 aliphatic heterocycles. The highest BCUT2D eigenvalue weighted by molar-refractivity contribution is 5.89. The molecule has 2 amide bonds. The molecule has 4 rings (SSSR count). The summed E-state index contributed by atoms with van der Waals surface area (Å²) in [5, 5.41) is 2.76. The van der Waals surface area contributed by atoms with Crippen molar-refractivity contribution in [3.8, 4) is 0 Å². The molecule has 0 radical (unpaired) electrons. The first-order valence-corrected chi connectivity index (χ1v) is 9.04. The number of nitrogens with one attached hydrogen (secondary N) is 1. The zero-order valence-electron chi connectivity index (χ0n) is 14.6. The van der Waals surface area contributed by atoms with E-state index < -0.39 is 0 Å². The summed E-state index contributed by atoms with van der Waals surface area (Å²) in [4.78, 5) is 18.9. The van der Waals surface area contributed by atoms with E-state index in [-0.39, 0.29) is 11.8 Å². The van der Waals surface area contributed by atoms with E-state index in [0.717, 1.165) is 39.3 Å². The summed E-state index contributed by atoms with van der Waals surface area (Å²) >= 11 is 0. The number of anilines is 2. The number of likely N-dealkylation sites (tertiary alicyclic amines) is 1. The van der Waals surface area contributed by atoms with E-state index in [1.807, 2.05) is 6.07 Å². The van der Waals surface area contributed by atoms with Gasteiger partial charge in [-0.05, 0) is 30.3 Å². The van der Waals surface area contributed by atoms with Gasteiger partial charge in [-0.2, -0.15) is 0 Å². The van der Waals surface area contributed by atoms with Crippen LogP contribution in [0.4, 0.5) is 20.6 Å². The number of piperazine rings is 1. The van der Waals surface area contributed by atoms with Gasteiger partial charge in [-0.3, -0.25) is 4.90 Å². The molecule has 2 aromatic rings. The van der Waals surface area contributed by atoms with Crippen molar-refractivity contribution in [3.05, 3.63) is 60.4 Å². The van der Waals surface area contributed by atoms with E-state index in [0.29, 0.717) is 11.7 Å². The number of carbonyl (C=O) groups excluding carboxylic acids is 1. The number of benzene rings is 2. The minimum atomic E-state index is -0.347. The van der Waals surface area contributed by atoms with Crippen LogP contribution in [0.3, 0.4) is 0 Å². The predicted octanol–water partition coefficient (Wildman–Crippen LogP) is 2.86. The molecule has 0 saturated carbocycles. The number of nitrogens with zero attached hydrogens (tertiary/aromatic N) is 3. The summed E-state index contributed by atoms with van der Waals surface area (Å²) in [6.07, 6.45) is 0. The Morgan fingerprint density at radius 3 is 2.38 bits per heavy atom. The molecule has 5 nitrogen and oxygen atoms in total. The van der Waals surface area contributed by atoms with E-state index in [4.69, 9.17) is 0 Å².